The standard InChI is InChI=1S/C22H16O2/c23-19-13-11-18(12-14-19)22-21(17-9-5-2-6-10-17)20(15-24-22)16-7-3-1-4-8-16/h1-15,23H. The number of rotatable bonds is 3. The zero-order chi connectivity index (χ0) is 16.4. The fraction of sp³-hybridized carbons (Fsp3) is 0. The summed E-state index contributed by atoms with van der Waals surface area (Å²) in [4.78, 5) is 0. The monoisotopic (exact) mass is 312 g/mol. The summed E-state index contributed by atoms with van der Waals surface area (Å²) in [6.45, 7) is 0. The predicted octanol–water partition coefficient (Wildman–Crippen LogP) is 5.99. The minimum Gasteiger partial charge on any atom is -0.508 e. The van der Waals surface area contributed by atoms with Gasteiger partial charge in [-0.1, -0.05) is 60.7 Å². The van der Waals surface area contributed by atoms with E-state index in [4.69, 9.17) is 4.42 Å². The van der Waals surface area contributed by atoms with E-state index in [0.717, 1.165) is 33.6 Å². The third kappa shape index (κ3) is 2.59. The Morgan fingerprint density at radius 2 is 1.17 bits per heavy atom. The third-order valence-electron chi connectivity index (χ3n) is 4.07. The second-order valence-electron chi connectivity index (χ2n) is 5.63. The normalized spacial score (nSPS) is 10.7. The summed E-state index contributed by atoms with van der Waals surface area (Å²) in [6.07, 6.45) is 1.81. The van der Waals surface area contributed by atoms with Crippen LogP contribution in [-0.4, -0.2) is 5.11 Å². The van der Waals surface area contributed by atoms with Gasteiger partial charge in [0.15, 0.2) is 0 Å². The number of furan rings is 1. The van der Waals surface area contributed by atoms with Gasteiger partial charge in [-0.3, -0.25) is 0 Å². The molecule has 0 unspecified atom stereocenters. The number of hydrogen-bond donors (Lipinski definition) is 1. The van der Waals surface area contributed by atoms with E-state index in [0.29, 0.717) is 0 Å². The van der Waals surface area contributed by atoms with Crippen LogP contribution < -0.4 is 0 Å². The molecule has 0 saturated heterocycles. The summed E-state index contributed by atoms with van der Waals surface area (Å²) in [7, 11) is 0. The molecule has 2 nitrogen and oxygen atoms in total. The van der Waals surface area contributed by atoms with Crippen LogP contribution in [0, 0.1) is 0 Å². The van der Waals surface area contributed by atoms with E-state index < -0.39 is 0 Å². The molecule has 0 amide bonds. The second kappa shape index (κ2) is 6.09. The first-order chi connectivity index (χ1) is 11.8. The molecule has 0 atom stereocenters. The van der Waals surface area contributed by atoms with Crippen LogP contribution in [-0.2, 0) is 0 Å². The fourth-order valence-electron chi connectivity index (χ4n) is 2.90. The topological polar surface area (TPSA) is 33.4 Å². The third-order valence-corrected chi connectivity index (χ3v) is 4.07. The van der Waals surface area contributed by atoms with Crippen LogP contribution in [0.25, 0.3) is 33.6 Å². The van der Waals surface area contributed by atoms with Crippen LogP contribution in [0.3, 0.4) is 0 Å². The number of phenolic OH excluding ortho intramolecular Hbond substituents is 1. The number of aromatic hydroxyl groups is 1. The van der Waals surface area contributed by atoms with Gasteiger partial charge in [-0.15, -0.1) is 0 Å². The van der Waals surface area contributed by atoms with Crippen LogP contribution in [0.2, 0.25) is 0 Å². The van der Waals surface area contributed by atoms with Gasteiger partial charge >= 0.3 is 0 Å². The summed E-state index contributed by atoms with van der Waals surface area (Å²) < 4.78 is 5.95. The first-order valence-electron chi connectivity index (χ1n) is 7.84. The summed E-state index contributed by atoms with van der Waals surface area (Å²) >= 11 is 0. The van der Waals surface area contributed by atoms with Crippen molar-refractivity contribution in [1.29, 1.82) is 0 Å². The highest BCUT2D eigenvalue weighted by Gasteiger charge is 2.18. The Labute approximate surface area is 140 Å². The minimum absolute atomic E-state index is 0.245. The first-order valence-corrected chi connectivity index (χ1v) is 7.84. The average molecular weight is 312 g/mol. The molecule has 0 aliphatic rings. The molecule has 0 aliphatic carbocycles. The Morgan fingerprint density at radius 3 is 1.79 bits per heavy atom. The molecule has 24 heavy (non-hydrogen) atoms. The van der Waals surface area contributed by atoms with E-state index in [2.05, 4.69) is 24.3 Å². The molecular formula is C22H16O2. The maximum atomic E-state index is 9.54. The smallest absolute Gasteiger partial charge is 0.142 e. The Balaban J connectivity index is 1.95. The molecule has 0 saturated carbocycles. The van der Waals surface area contributed by atoms with Crippen molar-refractivity contribution in [2.45, 2.75) is 0 Å². The average Bonchev–Trinajstić information content (AvgIpc) is 3.09. The van der Waals surface area contributed by atoms with Gasteiger partial charge in [0.25, 0.3) is 0 Å². The van der Waals surface area contributed by atoms with E-state index in [9.17, 15) is 5.11 Å². The SMILES string of the molecule is Oc1ccc(-c2occ(-c3ccccc3)c2-c2ccccc2)cc1. The van der Waals surface area contributed by atoms with Gasteiger partial charge in [0.05, 0.1) is 6.26 Å². The van der Waals surface area contributed by atoms with Gasteiger partial charge in [-0.05, 0) is 35.4 Å². The van der Waals surface area contributed by atoms with Crippen LogP contribution in [0.4, 0.5) is 0 Å². The van der Waals surface area contributed by atoms with Crippen molar-refractivity contribution >= 4 is 0 Å². The van der Waals surface area contributed by atoms with Crippen molar-refractivity contribution < 1.29 is 9.52 Å². The molecule has 3 aromatic carbocycles. The summed E-state index contributed by atoms with van der Waals surface area (Å²) in [5, 5.41) is 9.54. The zero-order valence-corrected chi connectivity index (χ0v) is 13.0. The van der Waals surface area contributed by atoms with E-state index in [1.165, 1.54) is 0 Å². The molecule has 0 bridgehead atoms. The van der Waals surface area contributed by atoms with E-state index in [1.807, 2.05) is 48.5 Å². The summed E-state index contributed by atoms with van der Waals surface area (Å²) in [6, 6.07) is 27.5. The van der Waals surface area contributed by atoms with Crippen LogP contribution in [0.1, 0.15) is 0 Å². The first kappa shape index (κ1) is 14.3. The lowest BCUT2D eigenvalue weighted by atomic mass is 9.94. The quantitative estimate of drug-likeness (QED) is 0.504. The Hall–Kier alpha value is -3.26. The minimum atomic E-state index is 0.245. The maximum Gasteiger partial charge on any atom is 0.142 e. The molecule has 116 valence electrons. The molecule has 0 fully saturated rings. The van der Waals surface area contributed by atoms with Gasteiger partial charge in [-0.25, -0.2) is 0 Å². The lowest BCUT2D eigenvalue weighted by Gasteiger charge is -2.07. The number of hydrogen-bond acceptors (Lipinski definition) is 2. The predicted molar refractivity (Wildman–Crippen MR) is 96.7 cm³/mol. The Morgan fingerprint density at radius 1 is 0.583 bits per heavy atom. The van der Waals surface area contributed by atoms with Gasteiger partial charge in [0.1, 0.15) is 11.5 Å². The molecule has 0 spiro atoms. The summed E-state index contributed by atoms with van der Waals surface area (Å²) in [5.41, 5.74) is 5.28. The summed E-state index contributed by atoms with van der Waals surface area (Å²) in [5.74, 6) is 1.05. The molecular weight excluding hydrogens is 296 g/mol. The van der Waals surface area contributed by atoms with E-state index in [-0.39, 0.29) is 5.75 Å². The van der Waals surface area contributed by atoms with Crippen LogP contribution >= 0.6 is 0 Å². The van der Waals surface area contributed by atoms with Crippen molar-refractivity contribution in [1.82, 2.24) is 0 Å². The van der Waals surface area contributed by atoms with E-state index >= 15 is 0 Å². The van der Waals surface area contributed by atoms with Crippen molar-refractivity contribution in [2.75, 3.05) is 0 Å². The second-order valence-corrected chi connectivity index (χ2v) is 5.63. The van der Waals surface area contributed by atoms with Crippen molar-refractivity contribution in [3.63, 3.8) is 0 Å². The maximum absolute atomic E-state index is 9.54. The van der Waals surface area contributed by atoms with Crippen LogP contribution in [0.5, 0.6) is 5.75 Å². The fourth-order valence-corrected chi connectivity index (χ4v) is 2.90. The van der Waals surface area contributed by atoms with Gasteiger partial charge in [-0.2, -0.15) is 0 Å². The van der Waals surface area contributed by atoms with Crippen molar-refractivity contribution in [3.05, 3.63) is 91.2 Å². The van der Waals surface area contributed by atoms with Crippen LogP contribution in [0.15, 0.2) is 95.6 Å². The van der Waals surface area contributed by atoms with Crippen molar-refractivity contribution in [2.24, 2.45) is 0 Å². The highest BCUT2D eigenvalue weighted by Crippen LogP contribution is 2.41. The molecule has 4 aromatic rings. The highest BCUT2D eigenvalue weighted by molar-refractivity contribution is 5.92. The molecule has 1 N–H and O–H groups in total. The van der Waals surface area contributed by atoms with Crippen molar-refractivity contribution in [3.8, 4) is 39.3 Å². The Bertz CT molecular complexity index is 936. The van der Waals surface area contributed by atoms with Gasteiger partial charge in [0.2, 0.25) is 0 Å². The zero-order valence-electron chi connectivity index (χ0n) is 13.0. The Kier molecular flexibility index (Phi) is 3.64. The number of phenols is 1. The van der Waals surface area contributed by atoms with Gasteiger partial charge in [0, 0.05) is 16.7 Å². The molecule has 1 heterocycles. The highest BCUT2D eigenvalue weighted by atomic mass is 16.3. The molecule has 0 aliphatic heterocycles. The molecule has 1 aromatic heterocycles. The molecule has 0 radical (unpaired) electrons. The lowest BCUT2D eigenvalue weighted by Crippen LogP contribution is -1.84. The largest absolute Gasteiger partial charge is 0.508 e. The molecule has 2 heteroatoms. The number of benzene rings is 3. The van der Waals surface area contributed by atoms with Gasteiger partial charge < -0.3 is 9.52 Å². The lowest BCUT2D eigenvalue weighted by molar-refractivity contribution is 0.475. The van der Waals surface area contributed by atoms with E-state index in [1.54, 1.807) is 18.4 Å². The molecule has 4 rings (SSSR count).